The van der Waals surface area contributed by atoms with E-state index in [0.29, 0.717) is 12.8 Å². The molecular weight excluding hydrogens is 232 g/mol. The number of hydrogen-bond acceptors (Lipinski definition) is 3. The van der Waals surface area contributed by atoms with Crippen LogP contribution in [-0.4, -0.2) is 42.0 Å². The Morgan fingerprint density at radius 3 is 2.67 bits per heavy atom. The van der Waals surface area contributed by atoms with Crippen LogP contribution in [0, 0.1) is 0 Å². The third-order valence-electron chi connectivity index (χ3n) is 3.78. The molecule has 1 fully saturated rings. The number of rotatable bonds is 6. The number of nitrogens with one attached hydrogen (secondary N) is 2. The first-order chi connectivity index (χ1) is 8.50. The summed E-state index contributed by atoms with van der Waals surface area (Å²) in [5, 5.41) is 15.6. The summed E-state index contributed by atoms with van der Waals surface area (Å²) in [6.45, 7) is 6.84. The topological polar surface area (TPSA) is 70.6 Å². The van der Waals surface area contributed by atoms with Crippen LogP contribution in [0.5, 0.6) is 0 Å². The molecule has 0 aromatic heterocycles. The minimum absolute atomic E-state index is 0.00356. The number of carbonyl (C=O) groups excluding carboxylic acids is 1. The molecule has 0 saturated carbocycles. The summed E-state index contributed by atoms with van der Waals surface area (Å²) in [5.74, 6) is 0. The summed E-state index contributed by atoms with van der Waals surface area (Å²) in [6.07, 6.45) is 3.43. The summed E-state index contributed by atoms with van der Waals surface area (Å²) in [6, 6.07) is -0.234. The highest BCUT2D eigenvalue weighted by atomic mass is 16.5. The molecule has 106 valence electrons. The van der Waals surface area contributed by atoms with Crippen LogP contribution in [0.15, 0.2) is 0 Å². The molecule has 0 spiro atoms. The summed E-state index contributed by atoms with van der Waals surface area (Å²) in [4.78, 5) is 11.7. The smallest absolute Gasteiger partial charge is 0.315 e. The van der Waals surface area contributed by atoms with Gasteiger partial charge in [-0.05, 0) is 32.6 Å². The molecule has 2 amide bonds. The van der Waals surface area contributed by atoms with Crippen molar-refractivity contribution >= 4 is 6.03 Å². The Labute approximate surface area is 109 Å². The third-order valence-corrected chi connectivity index (χ3v) is 3.78. The highest BCUT2D eigenvalue weighted by molar-refractivity contribution is 5.74. The molecule has 0 aromatic carbocycles. The van der Waals surface area contributed by atoms with Gasteiger partial charge in [-0.3, -0.25) is 0 Å². The first-order valence-electron chi connectivity index (χ1n) is 6.89. The highest BCUT2D eigenvalue weighted by Gasteiger charge is 2.25. The number of amides is 2. The molecule has 0 radical (unpaired) electrons. The van der Waals surface area contributed by atoms with Crippen LogP contribution in [0.3, 0.4) is 0 Å². The minimum Gasteiger partial charge on any atom is -0.388 e. The van der Waals surface area contributed by atoms with E-state index in [9.17, 15) is 9.90 Å². The normalized spacial score (nSPS) is 21.7. The van der Waals surface area contributed by atoms with Gasteiger partial charge in [0, 0.05) is 13.2 Å². The summed E-state index contributed by atoms with van der Waals surface area (Å²) in [5.41, 5.74) is -0.801. The fourth-order valence-corrected chi connectivity index (χ4v) is 2.09. The average molecular weight is 258 g/mol. The Kier molecular flexibility index (Phi) is 5.88. The zero-order chi connectivity index (χ0) is 13.6. The minimum atomic E-state index is -0.801. The van der Waals surface area contributed by atoms with Gasteiger partial charge in [-0.2, -0.15) is 0 Å². The lowest BCUT2D eigenvalue weighted by Crippen LogP contribution is -2.50. The van der Waals surface area contributed by atoms with Crippen molar-refractivity contribution in [1.29, 1.82) is 0 Å². The van der Waals surface area contributed by atoms with E-state index in [1.807, 2.05) is 20.8 Å². The second kappa shape index (κ2) is 6.95. The number of aliphatic hydroxyl groups is 1. The van der Waals surface area contributed by atoms with E-state index in [2.05, 4.69) is 10.6 Å². The molecule has 18 heavy (non-hydrogen) atoms. The van der Waals surface area contributed by atoms with Crippen LogP contribution in [0.2, 0.25) is 0 Å². The van der Waals surface area contributed by atoms with Gasteiger partial charge >= 0.3 is 6.03 Å². The van der Waals surface area contributed by atoms with E-state index in [0.717, 1.165) is 19.4 Å². The van der Waals surface area contributed by atoms with Crippen LogP contribution in [0.25, 0.3) is 0 Å². The van der Waals surface area contributed by atoms with Crippen molar-refractivity contribution < 1.29 is 14.6 Å². The molecule has 1 rings (SSSR count). The molecule has 0 aliphatic carbocycles. The monoisotopic (exact) mass is 258 g/mol. The molecule has 2 unspecified atom stereocenters. The van der Waals surface area contributed by atoms with Gasteiger partial charge < -0.3 is 20.5 Å². The molecule has 5 nitrogen and oxygen atoms in total. The Morgan fingerprint density at radius 2 is 2.17 bits per heavy atom. The molecule has 1 aliphatic rings. The molecule has 1 aliphatic heterocycles. The maximum atomic E-state index is 11.7. The molecule has 1 heterocycles. The molecule has 0 bridgehead atoms. The maximum Gasteiger partial charge on any atom is 0.315 e. The van der Waals surface area contributed by atoms with Crippen molar-refractivity contribution in [1.82, 2.24) is 10.6 Å². The van der Waals surface area contributed by atoms with Gasteiger partial charge in [-0.15, -0.1) is 0 Å². The van der Waals surface area contributed by atoms with E-state index < -0.39 is 5.60 Å². The fraction of sp³-hybridized carbons (Fsp3) is 0.923. The first kappa shape index (κ1) is 15.2. The van der Waals surface area contributed by atoms with Crippen molar-refractivity contribution in [3.63, 3.8) is 0 Å². The van der Waals surface area contributed by atoms with Crippen LogP contribution in [-0.2, 0) is 4.74 Å². The lowest BCUT2D eigenvalue weighted by Gasteiger charge is -2.26. The predicted molar refractivity (Wildman–Crippen MR) is 70.5 cm³/mol. The first-order valence-corrected chi connectivity index (χ1v) is 6.89. The molecule has 1 saturated heterocycles. The van der Waals surface area contributed by atoms with Crippen LogP contribution < -0.4 is 10.6 Å². The summed E-state index contributed by atoms with van der Waals surface area (Å²) < 4.78 is 5.51. The quantitative estimate of drug-likeness (QED) is 0.674. The lowest BCUT2D eigenvalue weighted by atomic mass is 9.98. The van der Waals surface area contributed by atoms with Gasteiger partial charge in [-0.1, -0.05) is 13.8 Å². The average Bonchev–Trinajstić information content (AvgIpc) is 2.90. The van der Waals surface area contributed by atoms with Crippen molar-refractivity contribution in [3.8, 4) is 0 Å². The molecule has 3 N–H and O–H groups in total. The van der Waals surface area contributed by atoms with Crippen molar-refractivity contribution in [3.05, 3.63) is 0 Å². The van der Waals surface area contributed by atoms with Crippen molar-refractivity contribution in [2.75, 3.05) is 13.2 Å². The standard InChI is InChI=1S/C13H26N2O3/c1-4-13(17,5-2)9-14-12(16)15-10(3)11-7-6-8-18-11/h10-11,17H,4-9H2,1-3H3,(H2,14,15,16). The van der Waals surface area contributed by atoms with Gasteiger partial charge in [0.25, 0.3) is 0 Å². The van der Waals surface area contributed by atoms with E-state index in [-0.39, 0.29) is 24.7 Å². The Morgan fingerprint density at radius 1 is 1.50 bits per heavy atom. The molecule has 2 atom stereocenters. The largest absolute Gasteiger partial charge is 0.388 e. The zero-order valence-corrected chi connectivity index (χ0v) is 11.7. The molecule has 5 heteroatoms. The van der Waals surface area contributed by atoms with Gasteiger partial charge in [0.1, 0.15) is 0 Å². The fourth-order valence-electron chi connectivity index (χ4n) is 2.09. The number of ether oxygens (including phenoxy) is 1. The van der Waals surface area contributed by atoms with Crippen LogP contribution in [0.1, 0.15) is 46.5 Å². The number of urea groups is 1. The van der Waals surface area contributed by atoms with E-state index in [1.165, 1.54) is 0 Å². The predicted octanol–water partition coefficient (Wildman–Crippen LogP) is 1.40. The van der Waals surface area contributed by atoms with Crippen molar-refractivity contribution in [2.45, 2.75) is 64.2 Å². The van der Waals surface area contributed by atoms with Crippen molar-refractivity contribution in [2.24, 2.45) is 0 Å². The van der Waals surface area contributed by atoms with Gasteiger partial charge in [0.2, 0.25) is 0 Å². The van der Waals surface area contributed by atoms with E-state index >= 15 is 0 Å². The van der Waals surface area contributed by atoms with Gasteiger partial charge in [0.15, 0.2) is 0 Å². The Hall–Kier alpha value is -0.810. The van der Waals surface area contributed by atoms with Crippen LogP contribution >= 0.6 is 0 Å². The third kappa shape index (κ3) is 4.46. The Balaban J connectivity index is 2.28. The van der Waals surface area contributed by atoms with Gasteiger partial charge in [0.05, 0.1) is 17.7 Å². The zero-order valence-electron chi connectivity index (χ0n) is 11.7. The van der Waals surface area contributed by atoms with Crippen LogP contribution in [0.4, 0.5) is 4.79 Å². The summed E-state index contributed by atoms with van der Waals surface area (Å²) >= 11 is 0. The van der Waals surface area contributed by atoms with E-state index in [1.54, 1.807) is 0 Å². The number of carbonyl (C=O) groups is 1. The lowest BCUT2D eigenvalue weighted by molar-refractivity contribution is 0.0344. The number of hydrogen-bond donors (Lipinski definition) is 3. The SMILES string of the molecule is CCC(O)(CC)CNC(=O)NC(C)C1CCCO1. The molecule has 0 aromatic rings. The maximum absolute atomic E-state index is 11.7. The second-order valence-corrected chi connectivity index (χ2v) is 5.10. The van der Waals surface area contributed by atoms with E-state index in [4.69, 9.17) is 4.74 Å². The highest BCUT2D eigenvalue weighted by Crippen LogP contribution is 2.15. The second-order valence-electron chi connectivity index (χ2n) is 5.10. The molecular formula is C13H26N2O3. The summed E-state index contributed by atoms with van der Waals surface area (Å²) in [7, 11) is 0. The Bertz CT molecular complexity index is 261. The van der Waals surface area contributed by atoms with Gasteiger partial charge in [-0.25, -0.2) is 4.79 Å².